The van der Waals surface area contributed by atoms with Gasteiger partial charge in [-0.25, -0.2) is 4.98 Å². The van der Waals surface area contributed by atoms with E-state index in [0.717, 1.165) is 29.7 Å². The molecular weight excluding hydrogens is 256 g/mol. The lowest BCUT2D eigenvalue weighted by Gasteiger charge is -2.06. The molecule has 1 amide bonds. The molecule has 0 saturated carbocycles. The number of amides is 1. The summed E-state index contributed by atoms with van der Waals surface area (Å²) in [7, 11) is 1.67. The molecule has 0 radical (unpaired) electrons. The van der Waals surface area contributed by atoms with Crippen molar-refractivity contribution in [2.24, 2.45) is 0 Å². The minimum absolute atomic E-state index is 0.0169. The van der Waals surface area contributed by atoms with Gasteiger partial charge in [-0.2, -0.15) is 0 Å². The number of carbonyl (C=O) groups excluding carboxylic acids is 1. The van der Waals surface area contributed by atoms with E-state index in [1.54, 1.807) is 13.3 Å². The molecule has 0 aromatic carbocycles. The first-order chi connectivity index (χ1) is 9.81. The van der Waals surface area contributed by atoms with Crippen molar-refractivity contribution in [1.82, 2.24) is 20.6 Å². The number of hydrogen-bond donors (Lipinski definition) is 3. The van der Waals surface area contributed by atoms with Crippen LogP contribution >= 0.6 is 0 Å². The number of nitrogens with one attached hydrogen (secondary N) is 3. The number of aromatic nitrogens is 2. The first-order valence-electron chi connectivity index (χ1n) is 6.68. The van der Waals surface area contributed by atoms with Crippen LogP contribution in [0.2, 0.25) is 0 Å². The molecule has 0 bridgehead atoms. The normalized spacial score (nSPS) is 10.8. The van der Waals surface area contributed by atoms with E-state index in [0.29, 0.717) is 19.6 Å². The van der Waals surface area contributed by atoms with E-state index in [2.05, 4.69) is 20.6 Å². The van der Waals surface area contributed by atoms with E-state index in [1.807, 2.05) is 18.3 Å². The highest BCUT2D eigenvalue weighted by atomic mass is 16.5. The highest BCUT2D eigenvalue weighted by Gasteiger charge is 2.08. The van der Waals surface area contributed by atoms with Crippen molar-refractivity contribution in [1.29, 1.82) is 0 Å². The zero-order chi connectivity index (χ0) is 14.2. The Bertz CT molecular complexity index is 553. The number of methoxy groups -OCH3 is 1. The van der Waals surface area contributed by atoms with E-state index in [4.69, 9.17) is 4.74 Å². The highest BCUT2D eigenvalue weighted by Crippen LogP contribution is 2.15. The maximum atomic E-state index is 11.8. The Kier molecular flexibility index (Phi) is 5.52. The van der Waals surface area contributed by atoms with E-state index >= 15 is 0 Å². The molecule has 20 heavy (non-hydrogen) atoms. The van der Waals surface area contributed by atoms with Crippen molar-refractivity contribution in [3.05, 3.63) is 30.1 Å². The molecule has 0 aliphatic rings. The number of rotatable bonds is 8. The van der Waals surface area contributed by atoms with Crippen LogP contribution in [0.5, 0.6) is 0 Å². The van der Waals surface area contributed by atoms with Gasteiger partial charge < -0.3 is 20.4 Å². The molecule has 0 spiro atoms. The average Bonchev–Trinajstić information content (AvgIpc) is 2.86. The zero-order valence-corrected chi connectivity index (χ0v) is 11.6. The van der Waals surface area contributed by atoms with Gasteiger partial charge in [-0.05, 0) is 17.7 Å². The summed E-state index contributed by atoms with van der Waals surface area (Å²) >= 11 is 0. The maximum Gasteiger partial charge on any atom is 0.224 e. The smallest absolute Gasteiger partial charge is 0.224 e. The van der Waals surface area contributed by atoms with Crippen LogP contribution in [0.1, 0.15) is 5.56 Å². The second kappa shape index (κ2) is 7.62. The summed E-state index contributed by atoms with van der Waals surface area (Å²) < 4.78 is 4.92. The molecule has 6 nitrogen and oxygen atoms in total. The quantitative estimate of drug-likeness (QED) is 0.612. The number of H-pyrrole nitrogens is 1. The average molecular weight is 276 g/mol. The summed E-state index contributed by atoms with van der Waals surface area (Å²) in [6.45, 7) is 2.82. The summed E-state index contributed by atoms with van der Waals surface area (Å²) in [4.78, 5) is 19.1. The van der Waals surface area contributed by atoms with Gasteiger partial charge in [-0.1, -0.05) is 0 Å². The Morgan fingerprint density at radius 3 is 3.15 bits per heavy atom. The first kappa shape index (κ1) is 14.5. The van der Waals surface area contributed by atoms with E-state index in [9.17, 15) is 4.79 Å². The number of hydrogen-bond acceptors (Lipinski definition) is 4. The van der Waals surface area contributed by atoms with E-state index < -0.39 is 0 Å². The van der Waals surface area contributed by atoms with E-state index in [-0.39, 0.29) is 5.91 Å². The molecule has 0 atom stereocenters. The largest absolute Gasteiger partial charge is 0.383 e. The molecule has 2 rings (SSSR count). The summed E-state index contributed by atoms with van der Waals surface area (Å²) in [5.74, 6) is 0.0169. The Balaban J connectivity index is 1.74. The molecule has 3 N–H and O–H groups in total. The fourth-order valence-electron chi connectivity index (χ4n) is 1.98. The van der Waals surface area contributed by atoms with Crippen LogP contribution in [0.4, 0.5) is 0 Å². The fourth-order valence-corrected chi connectivity index (χ4v) is 1.98. The predicted molar refractivity (Wildman–Crippen MR) is 77.6 cm³/mol. The summed E-state index contributed by atoms with van der Waals surface area (Å²) in [5.41, 5.74) is 1.79. The van der Waals surface area contributed by atoms with Crippen molar-refractivity contribution in [3.63, 3.8) is 0 Å². The van der Waals surface area contributed by atoms with Crippen LogP contribution in [0.25, 0.3) is 11.0 Å². The molecule has 0 aliphatic heterocycles. The van der Waals surface area contributed by atoms with Crippen molar-refractivity contribution in [2.75, 3.05) is 33.4 Å². The Morgan fingerprint density at radius 2 is 2.30 bits per heavy atom. The van der Waals surface area contributed by atoms with Crippen molar-refractivity contribution >= 4 is 16.9 Å². The van der Waals surface area contributed by atoms with Gasteiger partial charge in [-0.15, -0.1) is 0 Å². The third kappa shape index (κ3) is 4.04. The van der Waals surface area contributed by atoms with Crippen LogP contribution in [0.3, 0.4) is 0 Å². The second-order valence-corrected chi connectivity index (χ2v) is 4.48. The highest BCUT2D eigenvalue weighted by molar-refractivity contribution is 5.86. The van der Waals surface area contributed by atoms with Gasteiger partial charge in [-0.3, -0.25) is 4.79 Å². The van der Waals surface area contributed by atoms with Crippen LogP contribution < -0.4 is 10.6 Å². The summed E-state index contributed by atoms with van der Waals surface area (Å²) in [5, 5.41) is 7.06. The Morgan fingerprint density at radius 1 is 1.40 bits per heavy atom. The maximum absolute atomic E-state index is 11.8. The molecule has 6 heteroatoms. The molecule has 2 heterocycles. The standard InChI is InChI=1S/C14H20N4O2/c1-20-8-7-15-5-6-16-13(19)9-11-10-18-14-12(11)3-2-4-17-14/h2-4,10,15H,5-9H2,1H3,(H,16,19)(H,17,18). The molecule has 0 aliphatic carbocycles. The molecule has 0 saturated heterocycles. The van der Waals surface area contributed by atoms with Gasteiger partial charge in [0.15, 0.2) is 0 Å². The predicted octanol–water partition coefficient (Wildman–Crippen LogP) is 0.458. The number of ether oxygens (including phenoxy) is 1. The van der Waals surface area contributed by atoms with Crippen LogP contribution in [0.15, 0.2) is 24.5 Å². The number of nitrogens with zero attached hydrogens (tertiary/aromatic N) is 1. The molecule has 108 valence electrons. The molecular formula is C14H20N4O2. The van der Waals surface area contributed by atoms with Gasteiger partial charge in [0.2, 0.25) is 5.91 Å². The SMILES string of the molecule is COCCNCCNC(=O)Cc1c[nH]c2ncccc12. The van der Waals surface area contributed by atoms with Crippen molar-refractivity contribution in [3.8, 4) is 0 Å². The second-order valence-electron chi connectivity index (χ2n) is 4.48. The minimum Gasteiger partial charge on any atom is -0.383 e. The Labute approximate surface area is 117 Å². The topological polar surface area (TPSA) is 79.0 Å². The molecule has 0 fully saturated rings. The molecule has 2 aromatic heterocycles. The first-order valence-corrected chi connectivity index (χ1v) is 6.68. The number of aromatic amines is 1. The third-order valence-electron chi connectivity index (χ3n) is 2.99. The lowest BCUT2D eigenvalue weighted by Crippen LogP contribution is -2.33. The third-order valence-corrected chi connectivity index (χ3v) is 2.99. The summed E-state index contributed by atoms with van der Waals surface area (Å²) in [6, 6.07) is 3.84. The van der Waals surface area contributed by atoms with Crippen molar-refractivity contribution < 1.29 is 9.53 Å². The molecule has 2 aromatic rings. The number of carbonyl (C=O) groups is 1. The lowest BCUT2D eigenvalue weighted by atomic mass is 10.1. The monoisotopic (exact) mass is 276 g/mol. The van der Waals surface area contributed by atoms with Gasteiger partial charge >= 0.3 is 0 Å². The van der Waals surface area contributed by atoms with Crippen LogP contribution in [-0.4, -0.2) is 49.2 Å². The van der Waals surface area contributed by atoms with Crippen LogP contribution in [0, 0.1) is 0 Å². The van der Waals surface area contributed by atoms with Crippen molar-refractivity contribution in [2.45, 2.75) is 6.42 Å². The summed E-state index contributed by atoms with van der Waals surface area (Å²) in [6.07, 6.45) is 3.94. The van der Waals surface area contributed by atoms with Gasteiger partial charge in [0.05, 0.1) is 13.0 Å². The van der Waals surface area contributed by atoms with Gasteiger partial charge in [0.1, 0.15) is 5.65 Å². The number of fused-ring (bicyclic) bond motifs is 1. The minimum atomic E-state index is 0.0169. The number of pyridine rings is 1. The Hall–Kier alpha value is -1.92. The zero-order valence-electron chi connectivity index (χ0n) is 11.6. The van der Waals surface area contributed by atoms with Gasteiger partial charge in [0, 0.05) is 44.5 Å². The van der Waals surface area contributed by atoms with Crippen LogP contribution in [-0.2, 0) is 16.0 Å². The van der Waals surface area contributed by atoms with E-state index in [1.165, 1.54) is 0 Å². The fraction of sp³-hybridized carbons (Fsp3) is 0.429. The molecule has 0 unspecified atom stereocenters. The lowest BCUT2D eigenvalue weighted by molar-refractivity contribution is -0.120. The van der Waals surface area contributed by atoms with Gasteiger partial charge in [0.25, 0.3) is 0 Å².